The summed E-state index contributed by atoms with van der Waals surface area (Å²) < 4.78 is 91.1. The highest BCUT2D eigenvalue weighted by atomic mass is 32.1. The van der Waals surface area contributed by atoms with Gasteiger partial charge in [-0.3, -0.25) is 0 Å². The lowest BCUT2D eigenvalue weighted by Gasteiger charge is -2.25. The fourth-order valence-corrected chi connectivity index (χ4v) is 6.47. The van der Waals surface area contributed by atoms with Crippen molar-refractivity contribution in [2.24, 2.45) is 0 Å². The van der Waals surface area contributed by atoms with E-state index in [1.807, 2.05) is 0 Å². The smallest absolute Gasteiger partial charge is 0.194 e. The molecule has 2 aromatic carbocycles. The van der Waals surface area contributed by atoms with Crippen molar-refractivity contribution >= 4 is 43.9 Å². The van der Waals surface area contributed by atoms with Crippen molar-refractivity contribution in [3.8, 4) is 10.4 Å². The molecule has 0 fully saturated rings. The molecule has 8 heteroatoms. The third kappa shape index (κ3) is 2.96. The van der Waals surface area contributed by atoms with E-state index in [2.05, 4.69) is 0 Å². The van der Waals surface area contributed by atoms with Crippen LogP contribution in [0.3, 0.4) is 0 Å². The molecule has 2 heterocycles. The van der Waals surface area contributed by atoms with Gasteiger partial charge >= 0.3 is 17.8 Å². The molecule has 2 aromatic heterocycles. The summed E-state index contributed by atoms with van der Waals surface area (Å²) in [6.45, 7) is 2.98. The molecule has 0 atom stereocenters. The monoisotopic (exact) mass is 494 g/mol. The minimum absolute atomic E-state index is 0.237. The topological polar surface area (TPSA) is 0 Å². The number of halogens is 6. The fourth-order valence-electron chi connectivity index (χ4n) is 4.36. The first-order chi connectivity index (χ1) is 15.5. The predicted octanol–water partition coefficient (Wildman–Crippen LogP) is 9.08. The number of aryl methyl sites for hydroxylation is 2. The van der Waals surface area contributed by atoms with Crippen LogP contribution < -0.4 is 0 Å². The minimum atomic E-state index is -5.57. The highest BCUT2D eigenvalue weighted by Crippen LogP contribution is 2.66. The second-order valence-corrected chi connectivity index (χ2v) is 10.5. The summed E-state index contributed by atoms with van der Waals surface area (Å²) in [6, 6.07) is 16.5. The molecule has 0 aliphatic heterocycles. The van der Waals surface area contributed by atoms with E-state index in [1.165, 1.54) is 26.0 Å². The Hall–Kier alpha value is -2.58. The Balaban J connectivity index is 1.88. The van der Waals surface area contributed by atoms with Gasteiger partial charge in [0.2, 0.25) is 0 Å². The van der Waals surface area contributed by atoms with E-state index >= 15 is 17.6 Å². The molecule has 0 unspecified atom stereocenters. The Morgan fingerprint density at radius 1 is 0.667 bits per heavy atom. The van der Waals surface area contributed by atoms with Crippen LogP contribution in [0.4, 0.5) is 26.3 Å². The summed E-state index contributed by atoms with van der Waals surface area (Å²) in [5.41, 5.74) is -2.39. The van der Waals surface area contributed by atoms with Crippen molar-refractivity contribution in [2.75, 3.05) is 0 Å². The van der Waals surface area contributed by atoms with Gasteiger partial charge in [0.15, 0.2) is 0 Å². The lowest BCUT2D eigenvalue weighted by molar-refractivity contribution is -0.254. The third-order valence-electron chi connectivity index (χ3n) is 5.93. The lowest BCUT2D eigenvalue weighted by atomic mass is 9.93. The van der Waals surface area contributed by atoms with E-state index in [9.17, 15) is 8.78 Å². The van der Waals surface area contributed by atoms with Crippen LogP contribution >= 0.6 is 22.7 Å². The quantitative estimate of drug-likeness (QED) is 0.249. The van der Waals surface area contributed by atoms with E-state index in [-0.39, 0.29) is 26.3 Å². The number of hydrogen-bond donors (Lipinski definition) is 0. The maximum Gasteiger partial charge on any atom is 0.380 e. The second kappa shape index (κ2) is 7.21. The SMILES string of the molecule is Cc1sc(-c2ccccc2)cc1C1=C(c2c(C)sc3ccccc23)C(F)(F)C(F)(F)C1(F)F. The minimum Gasteiger partial charge on any atom is -0.194 e. The Morgan fingerprint density at radius 3 is 1.97 bits per heavy atom. The molecule has 33 heavy (non-hydrogen) atoms. The summed E-state index contributed by atoms with van der Waals surface area (Å²) in [7, 11) is 0. The van der Waals surface area contributed by atoms with Gasteiger partial charge in [-0.25, -0.2) is 0 Å². The van der Waals surface area contributed by atoms with Crippen molar-refractivity contribution in [2.45, 2.75) is 31.6 Å². The Bertz CT molecular complexity index is 1410. The summed E-state index contributed by atoms with van der Waals surface area (Å²) in [5.74, 6) is -15.7. The molecule has 0 radical (unpaired) electrons. The molecule has 0 nitrogen and oxygen atoms in total. The number of benzene rings is 2. The van der Waals surface area contributed by atoms with Crippen LogP contribution in [-0.4, -0.2) is 17.8 Å². The molecular formula is C25H16F6S2. The van der Waals surface area contributed by atoms with Gasteiger partial charge in [0.25, 0.3) is 0 Å². The number of fused-ring (bicyclic) bond motifs is 1. The maximum atomic E-state index is 15.3. The average Bonchev–Trinajstić information content (AvgIpc) is 3.33. The van der Waals surface area contributed by atoms with Crippen LogP contribution in [0, 0.1) is 13.8 Å². The maximum absolute atomic E-state index is 15.3. The molecule has 0 saturated heterocycles. The molecule has 0 amide bonds. The van der Waals surface area contributed by atoms with Gasteiger partial charge in [-0.1, -0.05) is 48.5 Å². The van der Waals surface area contributed by atoms with Gasteiger partial charge in [0, 0.05) is 41.4 Å². The first-order valence-corrected chi connectivity index (χ1v) is 11.6. The normalized spacial score (nSPS) is 18.9. The van der Waals surface area contributed by atoms with Crippen LogP contribution in [0.2, 0.25) is 0 Å². The molecule has 0 spiro atoms. The zero-order valence-corrected chi connectivity index (χ0v) is 19.0. The van der Waals surface area contributed by atoms with Gasteiger partial charge < -0.3 is 0 Å². The van der Waals surface area contributed by atoms with E-state index in [0.717, 1.165) is 22.7 Å². The van der Waals surface area contributed by atoms with Crippen LogP contribution in [0.1, 0.15) is 20.9 Å². The Morgan fingerprint density at radius 2 is 1.27 bits per heavy atom. The predicted molar refractivity (Wildman–Crippen MR) is 123 cm³/mol. The number of hydrogen-bond acceptors (Lipinski definition) is 2. The standard InChI is InChI=1S/C25H16F6S2/c1-13-17(12-19(32-13)15-8-4-3-5-9-15)21-22(24(28,29)25(30,31)23(21,26)27)20-14(2)33-18-11-7-6-10-16(18)20/h3-12H,1-2H3. The van der Waals surface area contributed by atoms with Gasteiger partial charge in [-0.05, 0) is 37.1 Å². The zero-order chi connectivity index (χ0) is 23.8. The number of alkyl halides is 6. The van der Waals surface area contributed by atoms with E-state index < -0.39 is 28.9 Å². The van der Waals surface area contributed by atoms with Crippen LogP contribution in [0.25, 0.3) is 31.7 Å². The number of rotatable bonds is 3. The van der Waals surface area contributed by atoms with Crippen molar-refractivity contribution in [3.05, 3.63) is 81.5 Å². The molecule has 0 saturated carbocycles. The fraction of sp³-hybridized carbons (Fsp3) is 0.200. The molecule has 1 aliphatic carbocycles. The van der Waals surface area contributed by atoms with Gasteiger partial charge in [-0.2, -0.15) is 26.3 Å². The summed E-state index contributed by atoms with van der Waals surface area (Å²) in [4.78, 5) is 1.09. The average molecular weight is 495 g/mol. The first kappa shape index (κ1) is 22.2. The van der Waals surface area contributed by atoms with Crippen LogP contribution in [0.15, 0.2) is 60.7 Å². The first-order valence-electron chi connectivity index (χ1n) is 10.0. The highest BCUT2D eigenvalue weighted by molar-refractivity contribution is 7.19. The van der Waals surface area contributed by atoms with Crippen molar-refractivity contribution < 1.29 is 26.3 Å². The largest absolute Gasteiger partial charge is 0.380 e. The van der Waals surface area contributed by atoms with E-state index in [4.69, 9.17) is 0 Å². The van der Waals surface area contributed by atoms with Gasteiger partial charge in [-0.15, -0.1) is 22.7 Å². The van der Waals surface area contributed by atoms with Crippen molar-refractivity contribution in [1.29, 1.82) is 0 Å². The summed E-state index contributed by atoms with van der Waals surface area (Å²) in [5, 5.41) is 0.261. The van der Waals surface area contributed by atoms with Crippen LogP contribution in [0.5, 0.6) is 0 Å². The Kier molecular flexibility index (Phi) is 4.85. The molecule has 5 rings (SSSR count). The molecule has 1 aliphatic rings. The van der Waals surface area contributed by atoms with Crippen molar-refractivity contribution in [1.82, 2.24) is 0 Å². The van der Waals surface area contributed by atoms with E-state index in [1.54, 1.807) is 48.5 Å². The third-order valence-corrected chi connectivity index (χ3v) is 8.12. The molecular weight excluding hydrogens is 478 g/mol. The molecule has 0 N–H and O–H groups in total. The highest BCUT2D eigenvalue weighted by Gasteiger charge is 2.80. The number of allylic oxidation sites excluding steroid dienone is 2. The lowest BCUT2D eigenvalue weighted by Crippen LogP contribution is -2.48. The molecule has 170 valence electrons. The second-order valence-electron chi connectivity index (χ2n) is 7.95. The number of thiophene rings is 2. The van der Waals surface area contributed by atoms with Gasteiger partial charge in [0.05, 0.1) is 0 Å². The summed E-state index contributed by atoms with van der Waals surface area (Å²) in [6.07, 6.45) is 0. The van der Waals surface area contributed by atoms with Crippen LogP contribution in [-0.2, 0) is 0 Å². The summed E-state index contributed by atoms with van der Waals surface area (Å²) >= 11 is 2.22. The van der Waals surface area contributed by atoms with Gasteiger partial charge in [0.1, 0.15) is 0 Å². The zero-order valence-electron chi connectivity index (χ0n) is 17.4. The van der Waals surface area contributed by atoms with E-state index in [0.29, 0.717) is 15.1 Å². The Labute approximate surface area is 193 Å². The molecule has 4 aromatic rings. The molecule has 0 bridgehead atoms. The van der Waals surface area contributed by atoms with Crippen molar-refractivity contribution in [3.63, 3.8) is 0 Å².